The smallest absolute Gasteiger partial charge is 0.165 e. The molecule has 0 aliphatic carbocycles. The van der Waals surface area contributed by atoms with Crippen molar-refractivity contribution in [2.24, 2.45) is 0 Å². The van der Waals surface area contributed by atoms with Crippen LogP contribution in [0.3, 0.4) is 0 Å². The molecule has 96 valence electrons. The van der Waals surface area contributed by atoms with E-state index in [1.54, 1.807) is 7.05 Å². The molecule has 0 heterocycles. The molecule has 0 aliphatic heterocycles. The summed E-state index contributed by atoms with van der Waals surface area (Å²) in [5.74, 6) is -1.15. The van der Waals surface area contributed by atoms with Crippen molar-refractivity contribution in [3.05, 3.63) is 29.3 Å². The molecule has 0 unspecified atom stereocenters. The van der Waals surface area contributed by atoms with Crippen molar-refractivity contribution in [1.29, 1.82) is 0 Å². The molecule has 0 aromatic heterocycles. The van der Waals surface area contributed by atoms with Gasteiger partial charge in [0.2, 0.25) is 0 Å². The standard InChI is InChI=1S/C12H17F2NO2/c1-15(4-3-5-16)8-9-6-11(14)12(17-2)7-10(9)13/h6-7,16H,3-5,8H2,1-2H3. The minimum atomic E-state index is -0.570. The van der Waals surface area contributed by atoms with Crippen LogP contribution in [0.2, 0.25) is 0 Å². The third kappa shape index (κ3) is 3.94. The number of rotatable bonds is 6. The topological polar surface area (TPSA) is 32.7 Å². The fraction of sp³-hybridized carbons (Fsp3) is 0.500. The average molecular weight is 245 g/mol. The summed E-state index contributed by atoms with van der Waals surface area (Å²) in [5, 5.41) is 8.67. The minimum absolute atomic E-state index is 0.0871. The number of hydrogen-bond donors (Lipinski definition) is 1. The number of ether oxygens (including phenoxy) is 1. The first kappa shape index (κ1) is 13.9. The Morgan fingerprint density at radius 1 is 1.29 bits per heavy atom. The first-order valence-electron chi connectivity index (χ1n) is 5.39. The summed E-state index contributed by atoms with van der Waals surface area (Å²) in [6.45, 7) is 1.01. The lowest BCUT2D eigenvalue weighted by atomic mass is 10.2. The van der Waals surface area contributed by atoms with E-state index < -0.39 is 11.6 Å². The van der Waals surface area contributed by atoms with Gasteiger partial charge in [-0.25, -0.2) is 8.78 Å². The summed E-state index contributed by atoms with van der Waals surface area (Å²) in [7, 11) is 3.09. The summed E-state index contributed by atoms with van der Waals surface area (Å²) < 4.78 is 31.6. The largest absolute Gasteiger partial charge is 0.494 e. The lowest BCUT2D eigenvalue weighted by Gasteiger charge is -2.16. The van der Waals surface area contributed by atoms with Gasteiger partial charge in [0.15, 0.2) is 11.6 Å². The number of nitrogens with zero attached hydrogens (tertiary/aromatic N) is 1. The van der Waals surface area contributed by atoms with Gasteiger partial charge in [0.1, 0.15) is 5.82 Å². The Balaban J connectivity index is 2.74. The van der Waals surface area contributed by atoms with Crippen LogP contribution >= 0.6 is 0 Å². The maximum atomic E-state index is 13.6. The second-order valence-corrected chi connectivity index (χ2v) is 3.89. The van der Waals surface area contributed by atoms with Crippen molar-refractivity contribution in [3.63, 3.8) is 0 Å². The van der Waals surface area contributed by atoms with E-state index in [1.165, 1.54) is 7.11 Å². The van der Waals surface area contributed by atoms with E-state index in [4.69, 9.17) is 5.11 Å². The Morgan fingerprint density at radius 3 is 2.59 bits per heavy atom. The molecule has 0 radical (unpaired) electrons. The average Bonchev–Trinajstić information content (AvgIpc) is 2.30. The summed E-state index contributed by atoms with van der Waals surface area (Å²) >= 11 is 0. The maximum absolute atomic E-state index is 13.6. The second-order valence-electron chi connectivity index (χ2n) is 3.89. The van der Waals surface area contributed by atoms with Crippen molar-refractivity contribution < 1.29 is 18.6 Å². The number of aliphatic hydroxyl groups is 1. The van der Waals surface area contributed by atoms with Crippen LogP contribution in [0.25, 0.3) is 0 Å². The molecule has 0 bridgehead atoms. The number of aliphatic hydroxyl groups excluding tert-OH is 1. The van der Waals surface area contributed by atoms with E-state index in [1.807, 2.05) is 4.90 Å². The van der Waals surface area contributed by atoms with Gasteiger partial charge in [0, 0.05) is 31.3 Å². The molecule has 0 fully saturated rings. The van der Waals surface area contributed by atoms with E-state index in [0.29, 0.717) is 19.5 Å². The fourth-order valence-corrected chi connectivity index (χ4v) is 1.56. The zero-order valence-electron chi connectivity index (χ0n) is 10.0. The van der Waals surface area contributed by atoms with Crippen LogP contribution in [0.4, 0.5) is 8.78 Å². The van der Waals surface area contributed by atoms with E-state index in [2.05, 4.69) is 4.74 Å². The fourth-order valence-electron chi connectivity index (χ4n) is 1.56. The van der Waals surface area contributed by atoms with Gasteiger partial charge in [0.05, 0.1) is 7.11 Å². The normalized spacial score (nSPS) is 10.9. The van der Waals surface area contributed by atoms with Gasteiger partial charge in [-0.3, -0.25) is 0 Å². The number of hydrogen-bond acceptors (Lipinski definition) is 3. The molecule has 0 amide bonds. The molecule has 1 aromatic rings. The Bertz CT molecular complexity index is 372. The predicted octanol–water partition coefficient (Wildman–Crippen LogP) is 1.79. The third-order valence-corrected chi connectivity index (χ3v) is 2.46. The maximum Gasteiger partial charge on any atom is 0.165 e. The van der Waals surface area contributed by atoms with Crippen LogP contribution in [-0.4, -0.2) is 37.3 Å². The molecule has 17 heavy (non-hydrogen) atoms. The summed E-state index contributed by atoms with van der Waals surface area (Å²) in [5.41, 5.74) is 0.281. The van der Waals surface area contributed by atoms with E-state index in [0.717, 1.165) is 12.1 Å². The van der Waals surface area contributed by atoms with Crippen molar-refractivity contribution in [2.75, 3.05) is 27.3 Å². The monoisotopic (exact) mass is 245 g/mol. The Kier molecular flexibility index (Phi) is 5.31. The minimum Gasteiger partial charge on any atom is -0.494 e. The first-order valence-corrected chi connectivity index (χ1v) is 5.39. The van der Waals surface area contributed by atoms with E-state index >= 15 is 0 Å². The van der Waals surface area contributed by atoms with Gasteiger partial charge in [-0.2, -0.15) is 0 Å². The number of methoxy groups -OCH3 is 1. The molecule has 0 aliphatic rings. The highest BCUT2D eigenvalue weighted by molar-refractivity contribution is 5.30. The van der Waals surface area contributed by atoms with Crippen molar-refractivity contribution in [1.82, 2.24) is 4.90 Å². The van der Waals surface area contributed by atoms with Crippen LogP contribution in [0.5, 0.6) is 5.75 Å². The zero-order valence-corrected chi connectivity index (χ0v) is 10.0. The van der Waals surface area contributed by atoms with Gasteiger partial charge in [-0.15, -0.1) is 0 Å². The molecule has 0 spiro atoms. The van der Waals surface area contributed by atoms with Crippen LogP contribution in [0.1, 0.15) is 12.0 Å². The van der Waals surface area contributed by atoms with Gasteiger partial charge >= 0.3 is 0 Å². The molecular formula is C12H17F2NO2. The number of halogens is 2. The van der Waals surface area contributed by atoms with Crippen molar-refractivity contribution >= 4 is 0 Å². The lowest BCUT2D eigenvalue weighted by Crippen LogP contribution is -2.20. The highest BCUT2D eigenvalue weighted by Crippen LogP contribution is 2.21. The van der Waals surface area contributed by atoms with Crippen molar-refractivity contribution in [2.45, 2.75) is 13.0 Å². The van der Waals surface area contributed by atoms with Gasteiger partial charge in [0.25, 0.3) is 0 Å². The number of benzene rings is 1. The molecule has 1 N–H and O–H groups in total. The highest BCUT2D eigenvalue weighted by atomic mass is 19.1. The predicted molar refractivity (Wildman–Crippen MR) is 60.9 cm³/mol. The summed E-state index contributed by atoms with van der Waals surface area (Å²) in [4.78, 5) is 1.82. The van der Waals surface area contributed by atoms with Crippen LogP contribution in [-0.2, 0) is 6.54 Å². The zero-order chi connectivity index (χ0) is 12.8. The molecule has 5 heteroatoms. The van der Waals surface area contributed by atoms with Crippen LogP contribution in [0, 0.1) is 11.6 Å². The van der Waals surface area contributed by atoms with Crippen LogP contribution in [0.15, 0.2) is 12.1 Å². The van der Waals surface area contributed by atoms with Gasteiger partial charge in [-0.05, 0) is 19.5 Å². The Labute approximate surface area is 99.6 Å². The molecule has 1 rings (SSSR count). The third-order valence-electron chi connectivity index (χ3n) is 2.46. The van der Waals surface area contributed by atoms with E-state index in [-0.39, 0.29) is 17.9 Å². The first-order chi connectivity index (χ1) is 8.08. The Hall–Kier alpha value is -1.20. The molecule has 0 atom stereocenters. The molecule has 0 saturated heterocycles. The molecule has 1 aromatic carbocycles. The van der Waals surface area contributed by atoms with Crippen molar-refractivity contribution in [3.8, 4) is 5.75 Å². The summed E-state index contributed by atoms with van der Waals surface area (Å²) in [6.07, 6.45) is 0.608. The van der Waals surface area contributed by atoms with Gasteiger partial charge < -0.3 is 14.7 Å². The molecule has 3 nitrogen and oxygen atoms in total. The second kappa shape index (κ2) is 6.51. The van der Waals surface area contributed by atoms with Gasteiger partial charge in [-0.1, -0.05) is 0 Å². The van der Waals surface area contributed by atoms with Crippen LogP contribution < -0.4 is 4.74 Å². The quantitative estimate of drug-likeness (QED) is 0.829. The molecule has 0 saturated carbocycles. The molecular weight excluding hydrogens is 228 g/mol. The Morgan fingerprint density at radius 2 is 2.00 bits per heavy atom. The summed E-state index contributed by atoms with van der Waals surface area (Å²) in [6, 6.07) is 2.19. The lowest BCUT2D eigenvalue weighted by molar-refractivity contribution is 0.242. The van der Waals surface area contributed by atoms with E-state index in [9.17, 15) is 8.78 Å². The SMILES string of the molecule is COc1cc(F)c(CN(C)CCCO)cc1F. The highest BCUT2D eigenvalue weighted by Gasteiger charge is 2.11.